The summed E-state index contributed by atoms with van der Waals surface area (Å²) in [6, 6.07) is 3.08. The van der Waals surface area contributed by atoms with E-state index in [9.17, 15) is 28.2 Å². The van der Waals surface area contributed by atoms with E-state index in [0.717, 1.165) is 31.4 Å². The maximum absolute atomic E-state index is 13.3. The predicted molar refractivity (Wildman–Crippen MR) is 109 cm³/mol. The molecule has 1 fully saturated rings. The van der Waals surface area contributed by atoms with Gasteiger partial charge < -0.3 is 24.8 Å². The van der Waals surface area contributed by atoms with Gasteiger partial charge in [-0.1, -0.05) is 0 Å². The van der Waals surface area contributed by atoms with Crippen LogP contribution in [-0.4, -0.2) is 47.5 Å². The molecule has 9 heteroatoms. The summed E-state index contributed by atoms with van der Waals surface area (Å²) in [6.45, 7) is 2.61. The first-order chi connectivity index (χ1) is 14.6. The minimum atomic E-state index is -4.49. The highest BCUT2D eigenvalue weighted by Crippen LogP contribution is 2.40. The summed E-state index contributed by atoms with van der Waals surface area (Å²) >= 11 is 0. The van der Waals surface area contributed by atoms with E-state index in [1.807, 2.05) is 11.8 Å². The first-order valence-corrected chi connectivity index (χ1v) is 10.6. The Morgan fingerprint density at radius 3 is 2.65 bits per heavy atom. The predicted octanol–water partition coefficient (Wildman–Crippen LogP) is 3.69. The van der Waals surface area contributed by atoms with E-state index in [-0.39, 0.29) is 29.4 Å². The lowest BCUT2D eigenvalue weighted by atomic mass is 9.78. The van der Waals surface area contributed by atoms with E-state index in [0.29, 0.717) is 37.5 Å². The molecule has 0 saturated heterocycles. The van der Waals surface area contributed by atoms with Gasteiger partial charge in [-0.2, -0.15) is 13.2 Å². The Kier molecular flexibility index (Phi) is 5.68. The molecule has 2 heterocycles. The van der Waals surface area contributed by atoms with Gasteiger partial charge in [0.25, 0.3) is 5.91 Å². The van der Waals surface area contributed by atoms with E-state index in [4.69, 9.17) is 4.42 Å². The number of nitrogens with one attached hydrogen (secondary N) is 1. The monoisotopic (exact) mass is 440 g/mol. The van der Waals surface area contributed by atoms with Gasteiger partial charge in [0.2, 0.25) is 5.76 Å². The van der Waals surface area contributed by atoms with Crippen LogP contribution in [0.1, 0.15) is 55.1 Å². The van der Waals surface area contributed by atoms with E-state index >= 15 is 0 Å². The molecule has 1 aromatic carbocycles. The van der Waals surface area contributed by atoms with E-state index < -0.39 is 23.2 Å². The number of amides is 1. The fraction of sp³-hybridized carbons (Fsp3) is 0.591. The average Bonchev–Trinajstić information content (AvgIpc) is 3.05. The molecule has 6 nitrogen and oxygen atoms in total. The molecule has 2 aliphatic rings. The van der Waals surface area contributed by atoms with Gasteiger partial charge in [0.15, 0.2) is 0 Å². The highest BCUT2D eigenvalue weighted by Gasteiger charge is 2.36. The first kappa shape index (κ1) is 22.0. The molecule has 1 aliphatic carbocycles. The third-order valence-electron chi connectivity index (χ3n) is 6.52. The number of aliphatic hydroxyl groups excluding tert-OH is 1. The van der Waals surface area contributed by atoms with Crippen molar-refractivity contribution in [3.63, 3.8) is 0 Å². The Labute approximate surface area is 178 Å². The number of hydrogen-bond acceptors (Lipinski definition) is 5. The Morgan fingerprint density at radius 2 is 2.00 bits per heavy atom. The van der Waals surface area contributed by atoms with Gasteiger partial charge >= 0.3 is 6.18 Å². The van der Waals surface area contributed by atoms with Crippen LogP contribution in [0.15, 0.2) is 22.6 Å². The normalized spacial score (nSPS) is 27.2. The van der Waals surface area contributed by atoms with Crippen molar-refractivity contribution in [3.05, 3.63) is 29.5 Å². The van der Waals surface area contributed by atoms with Crippen molar-refractivity contribution in [2.75, 3.05) is 24.6 Å². The molecule has 1 atom stereocenters. The van der Waals surface area contributed by atoms with Crippen LogP contribution in [0.2, 0.25) is 0 Å². The van der Waals surface area contributed by atoms with Gasteiger partial charge in [-0.25, -0.2) is 0 Å². The number of benzene rings is 1. The molecule has 31 heavy (non-hydrogen) atoms. The molecule has 2 aromatic rings. The summed E-state index contributed by atoms with van der Waals surface area (Å²) < 4.78 is 45.6. The number of nitrogens with zero attached hydrogens (tertiary/aromatic N) is 1. The van der Waals surface area contributed by atoms with Gasteiger partial charge in [0, 0.05) is 24.5 Å². The molecular weight excluding hydrogens is 413 g/mol. The molecule has 3 N–H and O–H groups in total. The Morgan fingerprint density at radius 1 is 1.29 bits per heavy atom. The second kappa shape index (κ2) is 8.02. The molecule has 0 unspecified atom stereocenters. The minimum absolute atomic E-state index is 0.0389. The van der Waals surface area contributed by atoms with E-state index in [1.165, 1.54) is 6.07 Å². The summed E-state index contributed by atoms with van der Waals surface area (Å²) in [4.78, 5) is 14.6. The zero-order valence-electron chi connectivity index (χ0n) is 17.3. The molecule has 1 aromatic heterocycles. The highest BCUT2D eigenvalue weighted by molar-refractivity contribution is 6.07. The topological polar surface area (TPSA) is 85.9 Å². The molecule has 0 spiro atoms. The van der Waals surface area contributed by atoms with Crippen LogP contribution in [0.3, 0.4) is 0 Å². The number of carbonyl (C=O) groups is 1. The summed E-state index contributed by atoms with van der Waals surface area (Å²) in [5.74, 6) is -0.0567. The second-order valence-corrected chi connectivity index (χ2v) is 8.92. The SMILES string of the molecule is C[C@@H]1CN(CCC2CCC(O)(CO)CC2)c2c(oc3ccc(C(F)(F)F)cc23)C(=O)N1. The van der Waals surface area contributed by atoms with Crippen molar-refractivity contribution in [2.24, 2.45) is 5.92 Å². The van der Waals surface area contributed by atoms with E-state index in [2.05, 4.69) is 5.32 Å². The quantitative estimate of drug-likeness (QED) is 0.675. The number of carbonyl (C=O) groups excluding carboxylic acids is 1. The number of hydrogen-bond donors (Lipinski definition) is 3. The van der Waals surface area contributed by atoms with Gasteiger partial charge in [-0.05, 0) is 63.1 Å². The molecule has 1 amide bonds. The number of furan rings is 1. The third-order valence-corrected chi connectivity index (χ3v) is 6.52. The fourth-order valence-electron chi connectivity index (χ4n) is 4.69. The highest BCUT2D eigenvalue weighted by atomic mass is 19.4. The first-order valence-electron chi connectivity index (χ1n) is 10.6. The van der Waals surface area contributed by atoms with Crippen molar-refractivity contribution >= 4 is 22.6 Å². The molecule has 1 saturated carbocycles. The summed E-state index contributed by atoms with van der Waals surface area (Å²) in [5.41, 5.74) is -1.13. The van der Waals surface area contributed by atoms with Crippen molar-refractivity contribution in [1.82, 2.24) is 5.32 Å². The van der Waals surface area contributed by atoms with Crippen molar-refractivity contribution in [2.45, 2.75) is 56.8 Å². The lowest BCUT2D eigenvalue weighted by Crippen LogP contribution is -2.40. The van der Waals surface area contributed by atoms with Gasteiger partial charge in [0.1, 0.15) is 5.58 Å². The van der Waals surface area contributed by atoms with Crippen molar-refractivity contribution < 1.29 is 32.6 Å². The third kappa shape index (κ3) is 4.39. The lowest BCUT2D eigenvalue weighted by Gasteiger charge is -2.35. The molecule has 170 valence electrons. The second-order valence-electron chi connectivity index (χ2n) is 8.92. The summed E-state index contributed by atoms with van der Waals surface area (Å²) in [7, 11) is 0. The maximum atomic E-state index is 13.3. The zero-order valence-corrected chi connectivity index (χ0v) is 17.3. The van der Waals surface area contributed by atoms with Crippen LogP contribution in [0.25, 0.3) is 11.0 Å². The van der Waals surface area contributed by atoms with Crippen LogP contribution in [-0.2, 0) is 6.18 Å². The van der Waals surface area contributed by atoms with Crippen LogP contribution in [0.5, 0.6) is 0 Å². The number of fused-ring (bicyclic) bond motifs is 3. The van der Waals surface area contributed by atoms with Crippen LogP contribution < -0.4 is 10.2 Å². The number of rotatable bonds is 4. The molecular formula is C22H27F3N2O4. The Hall–Kier alpha value is -2.26. The maximum Gasteiger partial charge on any atom is 0.416 e. The minimum Gasteiger partial charge on any atom is -0.449 e. The van der Waals surface area contributed by atoms with Gasteiger partial charge in [-0.15, -0.1) is 0 Å². The zero-order chi connectivity index (χ0) is 22.4. The van der Waals surface area contributed by atoms with Crippen molar-refractivity contribution in [1.29, 1.82) is 0 Å². The Balaban J connectivity index is 1.62. The van der Waals surface area contributed by atoms with Crippen LogP contribution in [0, 0.1) is 5.92 Å². The smallest absolute Gasteiger partial charge is 0.416 e. The van der Waals surface area contributed by atoms with Gasteiger partial charge in [0.05, 0.1) is 23.5 Å². The van der Waals surface area contributed by atoms with Crippen LogP contribution >= 0.6 is 0 Å². The molecule has 4 rings (SSSR count). The average molecular weight is 440 g/mol. The van der Waals surface area contributed by atoms with Gasteiger partial charge in [-0.3, -0.25) is 4.79 Å². The fourth-order valence-corrected chi connectivity index (χ4v) is 4.69. The van der Waals surface area contributed by atoms with E-state index in [1.54, 1.807) is 0 Å². The number of halogens is 3. The summed E-state index contributed by atoms with van der Waals surface area (Å²) in [6.07, 6.45) is -1.12. The van der Waals surface area contributed by atoms with Crippen molar-refractivity contribution in [3.8, 4) is 0 Å². The number of aliphatic hydroxyl groups is 2. The molecule has 0 radical (unpaired) electrons. The lowest BCUT2D eigenvalue weighted by molar-refractivity contribution is -0.137. The molecule has 1 aliphatic heterocycles. The summed E-state index contributed by atoms with van der Waals surface area (Å²) in [5, 5.41) is 22.7. The Bertz CT molecular complexity index is 964. The molecule has 0 bridgehead atoms. The van der Waals surface area contributed by atoms with Crippen LogP contribution in [0.4, 0.5) is 18.9 Å². The largest absolute Gasteiger partial charge is 0.449 e. The number of alkyl halides is 3. The standard InChI is InChI=1S/C22H27F3N2O4/c1-13-11-27(9-6-14-4-7-21(30,12-28)8-5-14)18-16-10-15(22(23,24)25)2-3-17(16)31-19(18)20(29)26-13/h2-3,10,13-14,28,30H,4-9,11-12H2,1H3,(H,26,29)/t13-,14?,21?/m1/s1. The number of anilines is 1.